The molecule has 16 heavy (non-hydrogen) atoms. The van der Waals surface area contributed by atoms with Gasteiger partial charge in [0.1, 0.15) is 5.69 Å². The van der Waals surface area contributed by atoms with Crippen molar-refractivity contribution in [1.29, 1.82) is 0 Å². The van der Waals surface area contributed by atoms with Gasteiger partial charge >= 0.3 is 6.18 Å². The Bertz CT molecular complexity index is 337. The van der Waals surface area contributed by atoms with Gasteiger partial charge in [-0.05, 0) is 6.42 Å². The molecular formula is C8H13F3N4O. The number of hydrogen-bond acceptors (Lipinski definition) is 4. The minimum atomic E-state index is -4.48. The van der Waals surface area contributed by atoms with Crippen molar-refractivity contribution in [3.05, 3.63) is 11.4 Å². The topological polar surface area (TPSA) is 66.0 Å². The maximum Gasteiger partial charge on any atom is 0.434 e. The minimum absolute atomic E-state index is 0.107. The predicted octanol–water partition coefficient (Wildman–Crippen LogP) is 0.792. The first-order chi connectivity index (χ1) is 7.50. The van der Waals surface area contributed by atoms with Crippen LogP contribution in [0.25, 0.3) is 0 Å². The van der Waals surface area contributed by atoms with Gasteiger partial charge in [-0.15, -0.1) is 5.10 Å². The number of nitrogens with two attached hydrogens (primary N) is 1. The van der Waals surface area contributed by atoms with Crippen molar-refractivity contribution < 1.29 is 17.9 Å². The first-order valence-corrected chi connectivity index (χ1v) is 4.69. The highest BCUT2D eigenvalue weighted by molar-refractivity contribution is 5.13. The molecule has 0 amide bonds. The van der Waals surface area contributed by atoms with Crippen LogP contribution in [0, 0.1) is 0 Å². The number of hydrogen-bond donors (Lipinski definition) is 1. The Labute approximate surface area is 90.4 Å². The molecule has 0 unspecified atom stereocenters. The summed E-state index contributed by atoms with van der Waals surface area (Å²) < 4.78 is 43.5. The van der Waals surface area contributed by atoms with E-state index in [4.69, 9.17) is 10.5 Å². The molecule has 0 saturated heterocycles. The molecule has 1 rings (SSSR count). The Kier molecular flexibility index (Phi) is 4.25. The third-order valence-corrected chi connectivity index (χ3v) is 1.99. The fourth-order valence-electron chi connectivity index (χ4n) is 1.31. The van der Waals surface area contributed by atoms with Gasteiger partial charge in [0.15, 0.2) is 5.69 Å². The first-order valence-electron chi connectivity index (χ1n) is 4.69. The lowest BCUT2D eigenvalue weighted by Crippen LogP contribution is -2.18. The van der Waals surface area contributed by atoms with Crippen molar-refractivity contribution >= 4 is 0 Å². The lowest BCUT2D eigenvalue weighted by Gasteiger charge is -2.10. The molecule has 0 aliphatic heterocycles. The molecule has 0 saturated carbocycles. The number of methoxy groups -OCH3 is 1. The van der Waals surface area contributed by atoms with Crippen LogP contribution >= 0.6 is 0 Å². The van der Waals surface area contributed by atoms with E-state index in [1.807, 2.05) is 0 Å². The zero-order valence-corrected chi connectivity index (χ0v) is 8.79. The van der Waals surface area contributed by atoms with Gasteiger partial charge in [0.2, 0.25) is 0 Å². The smallest absolute Gasteiger partial charge is 0.385 e. The molecule has 92 valence electrons. The van der Waals surface area contributed by atoms with E-state index in [2.05, 4.69) is 10.3 Å². The molecule has 2 N–H and O–H groups in total. The molecule has 0 atom stereocenters. The molecule has 0 bridgehead atoms. The van der Waals surface area contributed by atoms with Crippen LogP contribution in [-0.4, -0.2) is 28.7 Å². The highest BCUT2D eigenvalue weighted by atomic mass is 19.4. The van der Waals surface area contributed by atoms with Gasteiger partial charge in [-0.2, -0.15) is 13.2 Å². The zero-order valence-electron chi connectivity index (χ0n) is 8.79. The quantitative estimate of drug-likeness (QED) is 0.770. The third kappa shape index (κ3) is 2.92. The normalized spacial score (nSPS) is 12.1. The molecule has 0 aromatic carbocycles. The van der Waals surface area contributed by atoms with E-state index < -0.39 is 11.9 Å². The molecule has 0 radical (unpaired) electrons. The Balaban J connectivity index is 2.88. The zero-order chi connectivity index (χ0) is 12.2. The summed E-state index contributed by atoms with van der Waals surface area (Å²) >= 11 is 0. The Morgan fingerprint density at radius 3 is 2.62 bits per heavy atom. The second-order valence-electron chi connectivity index (χ2n) is 3.16. The SMILES string of the molecule is COCCCn1nnc(CN)c1C(F)(F)F. The molecule has 0 aliphatic rings. The lowest BCUT2D eigenvalue weighted by molar-refractivity contribution is -0.145. The second-order valence-corrected chi connectivity index (χ2v) is 3.16. The van der Waals surface area contributed by atoms with Crippen LogP contribution in [-0.2, 0) is 24.0 Å². The third-order valence-electron chi connectivity index (χ3n) is 1.99. The number of aromatic nitrogens is 3. The molecule has 0 spiro atoms. The molecule has 1 aromatic rings. The summed E-state index contributed by atoms with van der Waals surface area (Å²) in [5, 5.41) is 6.84. The van der Waals surface area contributed by atoms with Crippen molar-refractivity contribution in [3.8, 4) is 0 Å². The number of aryl methyl sites for hydroxylation is 1. The van der Waals surface area contributed by atoms with E-state index in [9.17, 15) is 13.2 Å². The van der Waals surface area contributed by atoms with E-state index in [0.29, 0.717) is 13.0 Å². The van der Waals surface area contributed by atoms with Gasteiger partial charge in [0.05, 0.1) is 0 Å². The van der Waals surface area contributed by atoms with Crippen molar-refractivity contribution in [2.75, 3.05) is 13.7 Å². The van der Waals surface area contributed by atoms with Crippen molar-refractivity contribution in [3.63, 3.8) is 0 Å². The number of alkyl halides is 3. The Morgan fingerprint density at radius 2 is 2.12 bits per heavy atom. The van der Waals surface area contributed by atoms with Crippen LogP contribution in [0.15, 0.2) is 0 Å². The summed E-state index contributed by atoms with van der Waals surface area (Å²) in [6.45, 7) is 0.198. The van der Waals surface area contributed by atoms with Crippen molar-refractivity contribution in [2.24, 2.45) is 5.73 Å². The van der Waals surface area contributed by atoms with Crippen LogP contribution in [0.1, 0.15) is 17.8 Å². The summed E-state index contributed by atoms with van der Waals surface area (Å²) in [6, 6.07) is 0. The van der Waals surface area contributed by atoms with Crippen LogP contribution < -0.4 is 5.73 Å². The maximum absolute atomic E-state index is 12.7. The van der Waals surface area contributed by atoms with Gasteiger partial charge in [-0.25, -0.2) is 4.68 Å². The van der Waals surface area contributed by atoms with Gasteiger partial charge in [0, 0.05) is 26.8 Å². The number of nitrogens with zero attached hydrogens (tertiary/aromatic N) is 3. The van der Waals surface area contributed by atoms with Gasteiger partial charge in [-0.3, -0.25) is 0 Å². The molecular weight excluding hydrogens is 225 g/mol. The monoisotopic (exact) mass is 238 g/mol. The summed E-state index contributed by atoms with van der Waals surface area (Å²) in [4.78, 5) is 0. The van der Waals surface area contributed by atoms with E-state index in [1.165, 1.54) is 7.11 Å². The molecule has 1 aromatic heterocycles. The number of halogens is 3. The summed E-state index contributed by atoms with van der Waals surface area (Å²) in [7, 11) is 1.48. The lowest BCUT2D eigenvalue weighted by atomic mass is 10.3. The largest absolute Gasteiger partial charge is 0.434 e. The van der Waals surface area contributed by atoms with Crippen molar-refractivity contribution in [1.82, 2.24) is 15.0 Å². The Morgan fingerprint density at radius 1 is 1.44 bits per heavy atom. The fourth-order valence-corrected chi connectivity index (χ4v) is 1.31. The number of ether oxygens (including phenoxy) is 1. The van der Waals surface area contributed by atoms with E-state index in [1.54, 1.807) is 0 Å². The Hall–Kier alpha value is -1.15. The molecule has 5 nitrogen and oxygen atoms in total. The van der Waals surface area contributed by atoms with E-state index >= 15 is 0 Å². The molecule has 8 heteroatoms. The molecule has 1 heterocycles. The summed E-state index contributed by atoms with van der Waals surface area (Å²) in [5.41, 5.74) is 4.07. The standard InChI is InChI=1S/C8H13F3N4O/c1-16-4-2-3-15-7(8(9,10)11)6(5-12)13-14-15/h2-5,12H2,1H3. The van der Waals surface area contributed by atoms with Gasteiger partial charge < -0.3 is 10.5 Å². The molecule has 0 fully saturated rings. The first kappa shape index (κ1) is 12.9. The van der Waals surface area contributed by atoms with Gasteiger partial charge in [0.25, 0.3) is 0 Å². The fraction of sp³-hybridized carbons (Fsp3) is 0.750. The van der Waals surface area contributed by atoms with Crippen LogP contribution in [0.2, 0.25) is 0 Å². The maximum atomic E-state index is 12.7. The van der Waals surface area contributed by atoms with Crippen molar-refractivity contribution in [2.45, 2.75) is 25.7 Å². The second kappa shape index (κ2) is 5.26. The average molecular weight is 238 g/mol. The average Bonchev–Trinajstić information content (AvgIpc) is 2.61. The number of rotatable bonds is 5. The summed E-state index contributed by atoms with van der Waals surface area (Å²) in [5.74, 6) is 0. The van der Waals surface area contributed by atoms with Crippen LogP contribution in [0.4, 0.5) is 13.2 Å². The molecule has 0 aliphatic carbocycles. The van der Waals surface area contributed by atoms with E-state index in [-0.39, 0.29) is 18.8 Å². The summed E-state index contributed by atoms with van der Waals surface area (Å²) in [6.07, 6.45) is -4.04. The van der Waals surface area contributed by atoms with E-state index in [0.717, 1.165) is 4.68 Å². The highest BCUT2D eigenvalue weighted by Gasteiger charge is 2.38. The predicted molar refractivity (Wildman–Crippen MR) is 49.4 cm³/mol. The van der Waals surface area contributed by atoms with Crippen LogP contribution in [0.3, 0.4) is 0 Å². The minimum Gasteiger partial charge on any atom is -0.385 e. The van der Waals surface area contributed by atoms with Crippen LogP contribution in [0.5, 0.6) is 0 Å². The highest BCUT2D eigenvalue weighted by Crippen LogP contribution is 2.30. The van der Waals surface area contributed by atoms with Gasteiger partial charge in [-0.1, -0.05) is 5.21 Å².